The van der Waals surface area contributed by atoms with Gasteiger partial charge < -0.3 is 4.74 Å². The van der Waals surface area contributed by atoms with Gasteiger partial charge >= 0.3 is 0 Å². The van der Waals surface area contributed by atoms with Crippen LogP contribution in [-0.2, 0) is 11.3 Å². The minimum absolute atomic E-state index is 0.0285. The predicted molar refractivity (Wildman–Crippen MR) is 112 cm³/mol. The summed E-state index contributed by atoms with van der Waals surface area (Å²) in [5, 5.41) is 7.76. The van der Waals surface area contributed by atoms with E-state index in [1.807, 2.05) is 0 Å². The van der Waals surface area contributed by atoms with Gasteiger partial charge in [-0.2, -0.15) is 0 Å². The number of benzene rings is 1. The maximum Gasteiger partial charge on any atom is 0.275 e. The lowest BCUT2D eigenvalue weighted by molar-refractivity contribution is -0.117. The molecule has 3 aromatic rings. The summed E-state index contributed by atoms with van der Waals surface area (Å²) < 4.78 is 20.9. The van der Waals surface area contributed by atoms with Crippen LogP contribution in [0.3, 0.4) is 0 Å². The molecule has 10 heteroatoms. The third-order valence-corrected chi connectivity index (χ3v) is 5.38. The molecule has 0 spiro atoms. The lowest BCUT2D eigenvalue weighted by atomic mass is 9.98. The number of carbonyl (C=O) groups excluding carboxylic acids is 1. The number of ether oxygens (including phenoxy) is 1. The third-order valence-electron chi connectivity index (χ3n) is 4.88. The van der Waals surface area contributed by atoms with Crippen LogP contribution in [-0.4, -0.2) is 31.8 Å². The van der Waals surface area contributed by atoms with Crippen molar-refractivity contribution in [2.45, 2.75) is 44.8 Å². The van der Waals surface area contributed by atoms with Crippen molar-refractivity contribution in [1.29, 1.82) is 0 Å². The molecular formula is C20H19BrFN5O3. The van der Waals surface area contributed by atoms with Crippen LogP contribution in [0.5, 0.6) is 5.88 Å². The Hall–Kier alpha value is -2.88. The molecule has 2 aromatic heterocycles. The third kappa shape index (κ3) is 4.64. The average molecular weight is 476 g/mol. The molecule has 0 atom stereocenters. The van der Waals surface area contributed by atoms with Gasteiger partial charge in [0, 0.05) is 4.47 Å². The van der Waals surface area contributed by atoms with Gasteiger partial charge in [-0.3, -0.25) is 14.9 Å². The summed E-state index contributed by atoms with van der Waals surface area (Å²) in [4.78, 5) is 32.6. The molecule has 1 fully saturated rings. The Labute approximate surface area is 179 Å². The van der Waals surface area contributed by atoms with Crippen LogP contribution in [0.4, 0.5) is 10.3 Å². The zero-order valence-corrected chi connectivity index (χ0v) is 17.6. The van der Waals surface area contributed by atoms with E-state index in [1.165, 1.54) is 6.42 Å². The highest BCUT2D eigenvalue weighted by Gasteiger charge is 2.20. The fourth-order valence-corrected chi connectivity index (χ4v) is 3.80. The van der Waals surface area contributed by atoms with Gasteiger partial charge in [-0.1, -0.05) is 22.4 Å². The Morgan fingerprint density at radius 3 is 2.67 bits per heavy atom. The molecule has 1 aliphatic rings. The number of fused-ring (bicyclic) bond motifs is 1. The van der Waals surface area contributed by atoms with E-state index in [0.29, 0.717) is 16.7 Å². The highest BCUT2D eigenvalue weighted by Crippen LogP contribution is 2.28. The molecule has 8 nitrogen and oxygen atoms in total. The summed E-state index contributed by atoms with van der Waals surface area (Å²) >= 11 is 3.42. The topological polar surface area (TPSA) is 99.0 Å². The minimum Gasteiger partial charge on any atom is -0.473 e. The zero-order chi connectivity index (χ0) is 21.1. The van der Waals surface area contributed by atoms with Crippen molar-refractivity contribution in [1.82, 2.24) is 19.7 Å². The largest absolute Gasteiger partial charge is 0.473 e. The van der Waals surface area contributed by atoms with Gasteiger partial charge in [0.2, 0.25) is 17.7 Å². The Balaban J connectivity index is 1.64. The Morgan fingerprint density at radius 2 is 1.93 bits per heavy atom. The number of amides is 1. The molecule has 1 aliphatic carbocycles. The zero-order valence-electron chi connectivity index (χ0n) is 16.0. The molecule has 1 N–H and O–H groups in total. The van der Waals surface area contributed by atoms with Crippen molar-refractivity contribution in [3.05, 3.63) is 51.2 Å². The first kappa shape index (κ1) is 20.4. The van der Waals surface area contributed by atoms with E-state index in [0.717, 1.165) is 47.2 Å². The highest BCUT2D eigenvalue weighted by molar-refractivity contribution is 9.10. The summed E-state index contributed by atoms with van der Waals surface area (Å²) in [6.45, 7) is -0.355. The second-order valence-electron chi connectivity index (χ2n) is 7.11. The first-order chi connectivity index (χ1) is 14.5. The van der Waals surface area contributed by atoms with Crippen molar-refractivity contribution < 1.29 is 13.9 Å². The molecule has 156 valence electrons. The Bertz CT molecular complexity index is 1130. The summed E-state index contributed by atoms with van der Waals surface area (Å²) in [6, 6.07) is 5.22. The Morgan fingerprint density at radius 1 is 1.20 bits per heavy atom. The fraction of sp³-hybridized carbons (Fsp3) is 0.350. The van der Waals surface area contributed by atoms with Crippen molar-refractivity contribution in [3.8, 4) is 5.88 Å². The molecule has 2 heterocycles. The summed E-state index contributed by atoms with van der Waals surface area (Å²) in [6.07, 6.45) is 7.13. The lowest BCUT2D eigenvalue weighted by Crippen LogP contribution is -2.31. The van der Waals surface area contributed by atoms with Crippen molar-refractivity contribution >= 4 is 38.6 Å². The van der Waals surface area contributed by atoms with Gasteiger partial charge in [0.15, 0.2) is 5.82 Å². The van der Waals surface area contributed by atoms with Gasteiger partial charge in [0.05, 0.1) is 23.2 Å². The van der Waals surface area contributed by atoms with E-state index in [2.05, 4.69) is 36.3 Å². The highest BCUT2D eigenvalue weighted by atomic mass is 79.9. The quantitative estimate of drug-likeness (QED) is 0.606. The number of carbonyl (C=O) groups is 1. The normalized spacial score (nSPS) is 14.6. The molecule has 4 rings (SSSR count). The van der Waals surface area contributed by atoms with E-state index >= 15 is 0 Å². The lowest BCUT2D eigenvalue weighted by Gasteiger charge is -2.23. The van der Waals surface area contributed by atoms with Crippen molar-refractivity contribution in [3.63, 3.8) is 0 Å². The van der Waals surface area contributed by atoms with E-state index < -0.39 is 17.3 Å². The second-order valence-corrected chi connectivity index (χ2v) is 8.02. The molecule has 0 aliphatic heterocycles. The summed E-state index contributed by atoms with van der Waals surface area (Å²) in [7, 11) is 0. The van der Waals surface area contributed by atoms with Crippen LogP contribution in [0.2, 0.25) is 0 Å². The number of hydrogen-bond acceptors (Lipinski definition) is 6. The van der Waals surface area contributed by atoms with E-state index in [9.17, 15) is 14.0 Å². The van der Waals surface area contributed by atoms with Gasteiger partial charge in [-0.15, -0.1) is 5.10 Å². The first-order valence-corrected chi connectivity index (χ1v) is 10.4. The summed E-state index contributed by atoms with van der Waals surface area (Å²) in [5.74, 6) is -0.908. The fourth-order valence-electron chi connectivity index (χ4n) is 3.44. The first-order valence-electron chi connectivity index (χ1n) is 9.64. The molecule has 0 radical (unpaired) electrons. The number of nitrogens with one attached hydrogen (secondary N) is 1. The molecule has 0 unspecified atom stereocenters. The molecule has 1 aromatic carbocycles. The van der Waals surface area contributed by atoms with Gasteiger partial charge in [-0.25, -0.2) is 19.0 Å². The molecule has 1 amide bonds. The maximum absolute atomic E-state index is 12.9. The second kappa shape index (κ2) is 8.86. The van der Waals surface area contributed by atoms with Crippen molar-refractivity contribution in [2.75, 3.05) is 5.32 Å². The van der Waals surface area contributed by atoms with Crippen LogP contribution in [0.25, 0.3) is 10.8 Å². The van der Waals surface area contributed by atoms with E-state index in [-0.39, 0.29) is 18.6 Å². The molecular weight excluding hydrogens is 457 g/mol. The van der Waals surface area contributed by atoms with Crippen LogP contribution in [0, 0.1) is 5.82 Å². The molecule has 0 saturated heterocycles. The molecule has 30 heavy (non-hydrogen) atoms. The molecule has 0 bridgehead atoms. The van der Waals surface area contributed by atoms with Gasteiger partial charge in [0.1, 0.15) is 12.6 Å². The van der Waals surface area contributed by atoms with Gasteiger partial charge in [0.25, 0.3) is 5.56 Å². The minimum atomic E-state index is -0.615. The van der Waals surface area contributed by atoms with Crippen LogP contribution < -0.4 is 15.6 Å². The number of aromatic nitrogens is 4. The number of nitrogens with zero attached hydrogens (tertiary/aromatic N) is 4. The average Bonchev–Trinajstić information content (AvgIpc) is 2.74. The Kier molecular flexibility index (Phi) is 6.03. The van der Waals surface area contributed by atoms with Gasteiger partial charge in [-0.05, 0) is 43.9 Å². The monoisotopic (exact) mass is 475 g/mol. The van der Waals surface area contributed by atoms with Crippen LogP contribution in [0.1, 0.15) is 32.1 Å². The SMILES string of the molecule is O=C(Cn1nc(OC2CCCCC2)c2cc(Br)ccc2c1=O)Nc1ncc(F)cn1. The maximum atomic E-state index is 12.9. The smallest absolute Gasteiger partial charge is 0.275 e. The number of anilines is 1. The van der Waals surface area contributed by atoms with E-state index in [4.69, 9.17) is 4.74 Å². The number of hydrogen-bond donors (Lipinski definition) is 1. The molecule has 1 saturated carbocycles. The predicted octanol–water partition coefficient (Wildman–Crippen LogP) is 3.44. The number of rotatable bonds is 5. The number of halogens is 2. The standard InChI is InChI=1S/C20H19BrFN5O3/c21-12-6-7-15-16(8-12)18(30-14-4-2-1-3-5-14)26-27(19(15)29)11-17(28)25-20-23-9-13(22)10-24-20/h6-10,14H,1-5,11H2,(H,23,24,25,28). The van der Waals surface area contributed by atoms with Crippen LogP contribution in [0.15, 0.2) is 39.9 Å². The van der Waals surface area contributed by atoms with Crippen LogP contribution >= 0.6 is 15.9 Å². The summed E-state index contributed by atoms with van der Waals surface area (Å²) in [5.41, 5.74) is -0.413. The van der Waals surface area contributed by atoms with E-state index in [1.54, 1.807) is 18.2 Å². The van der Waals surface area contributed by atoms with Crippen molar-refractivity contribution in [2.24, 2.45) is 0 Å².